The first-order valence-electron chi connectivity index (χ1n) is 9.78. The maximum atomic E-state index is 12.7. The van der Waals surface area contributed by atoms with E-state index in [2.05, 4.69) is 17.4 Å². The topological polar surface area (TPSA) is 55.4 Å². The predicted molar refractivity (Wildman–Crippen MR) is 112 cm³/mol. The van der Waals surface area contributed by atoms with Gasteiger partial charge < -0.3 is 10.1 Å². The van der Waals surface area contributed by atoms with Gasteiger partial charge in [0.2, 0.25) is 5.91 Å². The lowest BCUT2D eigenvalue weighted by Crippen LogP contribution is -2.45. The Balaban J connectivity index is 1.60. The van der Waals surface area contributed by atoms with E-state index in [-0.39, 0.29) is 11.8 Å². The number of rotatable bonds is 6. The van der Waals surface area contributed by atoms with E-state index in [0.717, 1.165) is 27.8 Å². The first kappa shape index (κ1) is 18.9. The molecule has 1 atom stereocenters. The van der Waals surface area contributed by atoms with Crippen molar-refractivity contribution in [3.05, 3.63) is 95.6 Å². The molecule has 3 aromatic rings. The van der Waals surface area contributed by atoms with Crippen LogP contribution in [0.3, 0.4) is 0 Å². The molecule has 0 aliphatic heterocycles. The molecule has 4 nitrogen and oxygen atoms in total. The maximum absolute atomic E-state index is 12.7. The zero-order valence-electron chi connectivity index (χ0n) is 16.3. The Morgan fingerprint density at radius 1 is 0.862 bits per heavy atom. The van der Waals surface area contributed by atoms with Gasteiger partial charge >= 0.3 is 5.97 Å². The van der Waals surface area contributed by atoms with E-state index in [9.17, 15) is 9.59 Å². The summed E-state index contributed by atoms with van der Waals surface area (Å²) in [5.74, 6) is -0.865. The van der Waals surface area contributed by atoms with Gasteiger partial charge in [-0.25, -0.2) is 4.79 Å². The SMILES string of the molecule is COC(=O)[C@H](NC(=O)CCc1ccccc1)C1c2ccccc2-c2ccccc21. The summed E-state index contributed by atoms with van der Waals surface area (Å²) in [5.41, 5.74) is 5.36. The van der Waals surface area contributed by atoms with Gasteiger partial charge in [0.25, 0.3) is 0 Å². The summed E-state index contributed by atoms with van der Waals surface area (Å²) in [6.07, 6.45) is 0.936. The standard InChI is InChI=1S/C25H23NO3/c1-29-25(28)24(26-22(27)16-15-17-9-3-2-4-10-17)23-20-13-7-5-11-18(20)19-12-6-8-14-21(19)23/h2-14,23-24H,15-16H2,1H3,(H,26,27)/t24-/m1/s1. The Morgan fingerprint density at radius 2 is 1.41 bits per heavy atom. The normalized spacial score (nSPS) is 13.3. The van der Waals surface area contributed by atoms with Crippen molar-refractivity contribution in [1.82, 2.24) is 5.32 Å². The van der Waals surface area contributed by atoms with E-state index in [1.807, 2.05) is 66.7 Å². The number of carbonyl (C=O) groups is 2. The van der Waals surface area contributed by atoms with Crippen LogP contribution < -0.4 is 5.32 Å². The molecular formula is C25H23NO3. The van der Waals surface area contributed by atoms with Gasteiger partial charge in [0.15, 0.2) is 0 Å². The Bertz CT molecular complexity index is 984. The fourth-order valence-electron chi connectivity index (χ4n) is 4.11. The summed E-state index contributed by atoms with van der Waals surface area (Å²) in [6, 6.07) is 25.1. The lowest BCUT2D eigenvalue weighted by molar-refractivity contribution is -0.145. The van der Waals surface area contributed by atoms with E-state index >= 15 is 0 Å². The molecule has 0 fully saturated rings. The highest BCUT2D eigenvalue weighted by atomic mass is 16.5. The summed E-state index contributed by atoms with van der Waals surface area (Å²) in [6.45, 7) is 0. The lowest BCUT2D eigenvalue weighted by atomic mass is 9.89. The molecule has 1 aliphatic rings. The Kier molecular flexibility index (Phi) is 5.43. The fourth-order valence-corrected chi connectivity index (χ4v) is 4.11. The van der Waals surface area contributed by atoms with Crippen LogP contribution in [0.4, 0.5) is 0 Å². The van der Waals surface area contributed by atoms with Crippen LogP contribution >= 0.6 is 0 Å². The van der Waals surface area contributed by atoms with Crippen molar-refractivity contribution in [1.29, 1.82) is 0 Å². The third-order valence-corrected chi connectivity index (χ3v) is 5.47. The minimum absolute atomic E-state index is 0.161. The fraction of sp³-hybridized carbons (Fsp3) is 0.200. The van der Waals surface area contributed by atoms with Crippen LogP contribution in [-0.2, 0) is 20.7 Å². The number of ether oxygens (including phenoxy) is 1. The van der Waals surface area contributed by atoms with Gasteiger partial charge in [-0.05, 0) is 34.2 Å². The molecule has 0 saturated carbocycles. The monoisotopic (exact) mass is 385 g/mol. The van der Waals surface area contributed by atoms with Gasteiger partial charge in [0, 0.05) is 12.3 Å². The largest absolute Gasteiger partial charge is 0.467 e. The highest BCUT2D eigenvalue weighted by Gasteiger charge is 2.39. The van der Waals surface area contributed by atoms with E-state index < -0.39 is 12.0 Å². The van der Waals surface area contributed by atoms with Crippen LogP contribution in [0.15, 0.2) is 78.9 Å². The van der Waals surface area contributed by atoms with E-state index in [1.54, 1.807) is 0 Å². The number of benzene rings is 3. The smallest absolute Gasteiger partial charge is 0.329 e. The molecule has 0 unspecified atom stereocenters. The van der Waals surface area contributed by atoms with Crippen molar-refractivity contribution in [2.45, 2.75) is 24.8 Å². The molecule has 1 amide bonds. The zero-order chi connectivity index (χ0) is 20.2. The molecule has 0 aromatic heterocycles. The van der Waals surface area contributed by atoms with Gasteiger partial charge in [-0.3, -0.25) is 4.79 Å². The molecule has 29 heavy (non-hydrogen) atoms. The van der Waals surface area contributed by atoms with Crippen molar-refractivity contribution in [3.8, 4) is 11.1 Å². The summed E-state index contributed by atoms with van der Waals surface area (Å²) < 4.78 is 5.06. The molecule has 1 N–H and O–H groups in total. The number of amides is 1. The molecule has 0 heterocycles. The molecule has 4 heteroatoms. The first-order valence-corrected chi connectivity index (χ1v) is 9.78. The molecule has 0 saturated heterocycles. The molecule has 4 rings (SSSR count). The summed E-state index contributed by atoms with van der Waals surface area (Å²) in [5, 5.41) is 2.95. The molecular weight excluding hydrogens is 362 g/mol. The number of methoxy groups -OCH3 is 1. The summed E-state index contributed by atoms with van der Waals surface area (Å²) in [7, 11) is 1.36. The van der Waals surface area contributed by atoms with Crippen LogP contribution in [-0.4, -0.2) is 25.0 Å². The van der Waals surface area contributed by atoms with E-state index in [4.69, 9.17) is 4.74 Å². The van der Waals surface area contributed by atoms with Gasteiger partial charge in [0.1, 0.15) is 6.04 Å². The zero-order valence-corrected chi connectivity index (χ0v) is 16.3. The second-order valence-corrected chi connectivity index (χ2v) is 7.21. The van der Waals surface area contributed by atoms with Gasteiger partial charge in [-0.2, -0.15) is 0 Å². The van der Waals surface area contributed by atoms with Crippen molar-refractivity contribution in [2.24, 2.45) is 0 Å². The number of carbonyl (C=O) groups excluding carboxylic acids is 2. The van der Waals surface area contributed by atoms with Gasteiger partial charge in [0.05, 0.1) is 7.11 Å². The quantitative estimate of drug-likeness (QED) is 0.650. The molecule has 0 bridgehead atoms. The third-order valence-electron chi connectivity index (χ3n) is 5.47. The lowest BCUT2D eigenvalue weighted by Gasteiger charge is -2.24. The second kappa shape index (κ2) is 8.31. The van der Waals surface area contributed by atoms with E-state index in [0.29, 0.717) is 12.8 Å². The number of fused-ring (bicyclic) bond motifs is 3. The second-order valence-electron chi connectivity index (χ2n) is 7.21. The number of hydrogen-bond donors (Lipinski definition) is 1. The van der Waals surface area contributed by atoms with Crippen LogP contribution in [0.1, 0.15) is 29.0 Å². The number of aryl methyl sites for hydroxylation is 1. The van der Waals surface area contributed by atoms with Crippen molar-refractivity contribution in [2.75, 3.05) is 7.11 Å². The highest BCUT2D eigenvalue weighted by molar-refractivity contribution is 5.89. The molecule has 1 aliphatic carbocycles. The third kappa shape index (κ3) is 3.79. The number of nitrogens with one attached hydrogen (secondary N) is 1. The first-order chi connectivity index (χ1) is 14.2. The Labute approximate surface area is 170 Å². The average molecular weight is 385 g/mol. The van der Waals surface area contributed by atoms with Crippen LogP contribution in [0.2, 0.25) is 0 Å². The molecule has 0 radical (unpaired) electrons. The van der Waals surface area contributed by atoms with E-state index in [1.165, 1.54) is 7.11 Å². The number of hydrogen-bond acceptors (Lipinski definition) is 3. The minimum Gasteiger partial charge on any atom is -0.467 e. The van der Waals surface area contributed by atoms with Crippen molar-refractivity contribution in [3.63, 3.8) is 0 Å². The van der Waals surface area contributed by atoms with Crippen LogP contribution in [0.25, 0.3) is 11.1 Å². The van der Waals surface area contributed by atoms with Crippen LogP contribution in [0.5, 0.6) is 0 Å². The van der Waals surface area contributed by atoms with Crippen molar-refractivity contribution < 1.29 is 14.3 Å². The van der Waals surface area contributed by atoms with Gasteiger partial charge in [-0.15, -0.1) is 0 Å². The summed E-state index contributed by atoms with van der Waals surface area (Å²) in [4.78, 5) is 25.4. The number of esters is 1. The summed E-state index contributed by atoms with van der Waals surface area (Å²) >= 11 is 0. The van der Waals surface area contributed by atoms with Gasteiger partial charge in [-0.1, -0.05) is 78.9 Å². The van der Waals surface area contributed by atoms with Crippen LogP contribution in [0, 0.1) is 0 Å². The molecule has 0 spiro atoms. The average Bonchev–Trinajstić information content (AvgIpc) is 3.10. The Morgan fingerprint density at radius 3 is 2.00 bits per heavy atom. The maximum Gasteiger partial charge on any atom is 0.329 e. The predicted octanol–water partition coefficient (Wildman–Crippen LogP) is 4.09. The molecule has 146 valence electrons. The Hall–Kier alpha value is -3.40. The highest BCUT2D eigenvalue weighted by Crippen LogP contribution is 2.46. The minimum atomic E-state index is -0.770. The van der Waals surface area contributed by atoms with Crippen molar-refractivity contribution >= 4 is 11.9 Å². The molecule has 3 aromatic carbocycles.